The van der Waals surface area contributed by atoms with Gasteiger partial charge >= 0.3 is 5.97 Å². The van der Waals surface area contributed by atoms with Crippen molar-refractivity contribution < 1.29 is 14.3 Å². The summed E-state index contributed by atoms with van der Waals surface area (Å²) in [6, 6.07) is 0. The maximum Gasteiger partial charge on any atom is 0.335 e. The summed E-state index contributed by atoms with van der Waals surface area (Å²) in [7, 11) is 0. The molecule has 2 saturated heterocycles. The van der Waals surface area contributed by atoms with Crippen LogP contribution in [-0.4, -0.2) is 24.8 Å². The van der Waals surface area contributed by atoms with Crippen molar-refractivity contribution >= 4 is 5.97 Å². The Morgan fingerprint density at radius 2 is 2.25 bits per heavy atom. The number of ether oxygens (including phenoxy) is 2. The van der Waals surface area contributed by atoms with Crippen molar-refractivity contribution in [3.63, 3.8) is 0 Å². The topological polar surface area (TPSA) is 35.5 Å². The molecule has 0 amide bonds. The van der Waals surface area contributed by atoms with Crippen LogP contribution >= 0.6 is 0 Å². The van der Waals surface area contributed by atoms with Gasteiger partial charge in [-0.05, 0) is 25.2 Å². The minimum atomic E-state index is -0.208. The Balaban J connectivity index is 1.94. The van der Waals surface area contributed by atoms with Crippen LogP contribution in [0.25, 0.3) is 0 Å². The van der Waals surface area contributed by atoms with Gasteiger partial charge in [-0.2, -0.15) is 0 Å². The average Bonchev–Trinajstić information content (AvgIpc) is 2.60. The summed E-state index contributed by atoms with van der Waals surface area (Å²) in [6.45, 7) is 0.779. The van der Waals surface area contributed by atoms with E-state index in [-0.39, 0.29) is 18.2 Å². The highest BCUT2D eigenvalue weighted by Crippen LogP contribution is 2.44. The molecule has 0 bridgehead atoms. The van der Waals surface area contributed by atoms with Crippen LogP contribution in [0.15, 0.2) is 0 Å². The molecule has 0 unspecified atom stereocenters. The van der Waals surface area contributed by atoms with E-state index in [1.165, 1.54) is 12.8 Å². The molecule has 0 aromatic carbocycles. The fourth-order valence-corrected chi connectivity index (χ4v) is 2.82. The first-order valence-corrected chi connectivity index (χ1v) is 4.68. The normalized spacial score (nSPS) is 50.5. The highest BCUT2D eigenvalue weighted by Gasteiger charge is 2.54. The Hall–Kier alpha value is -0.570. The molecule has 12 heavy (non-hydrogen) atoms. The van der Waals surface area contributed by atoms with E-state index in [9.17, 15) is 4.79 Å². The van der Waals surface area contributed by atoms with Gasteiger partial charge in [0.05, 0.1) is 6.61 Å². The molecule has 3 nitrogen and oxygen atoms in total. The molecule has 1 saturated carbocycles. The fraction of sp³-hybridized carbons (Fsp3) is 0.889. The van der Waals surface area contributed by atoms with Crippen molar-refractivity contribution in [1.29, 1.82) is 0 Å². The van der Waals surface area contributed by atoms with Crippen LogP contribution in [0, 0.1) is 11.8 Å². The lowest BCUT2D eigenvalue weighted by molar-refractivity contribution is -0.150. The number of hydrogen-bond acceptors (Lipinski definition) is 3. The van der Waals surface area contributed by atoms with Gasteiger partial charge in [-0.25, -0.2) is 4.79 Å². The average molecular weight is 168 g/mol. The highest BCUT2D eigenvalue weighted by molar-refractivity contribution is 5.78. The Morgan fingerprint density at radius 3 is 3.17 bits per heavy atom. The second-order valence-corrected chi connectivity index (χ2v) is 4.00. The molecule has 0 N–H and O–H groups in total. The smallest absolute Gasteiger partial charge is 0.335 e. The lowest BCUT2D eigenvalue weighted by atomic mass is 9.78. The predicted molar refractivity (Wildman–Crippen MR) is 40.5 cm³/mol. The van der Waals surface area contributed by atoms with Gasteiger partial charge < -0.3 is 9.47 Å². The summed E-state index contributed by atoms with van der Waals surface area (Å²) in [5, 5.41) is 0. The summed E-state index contributed by atoms with van der Waals surface area (Å²) in [4.78, 5) is 11.3. The molecule has 3 fully saturated rings. The van der Waals surface area contributed by atoms with E-state index in [1.807, 2.05) is 0 Å². The van der Waals surface area contributed by atoms with E-state index in [1.54, 1.807) is 0 Å². The third kappa shape index (κ3) is 0.724. The predicted octanol–water partition coefficient (Wildman–Crippen LogP) is 0.727. The van der Waals surface area contributed by atoms with Gasteiger partial charge in [-0.15, -0.1) is 0 Å². The van der Waals surface area contributed by atoms with Gasteiger partial charge in [0.15, 0.2) is 6.10 Å². The van der Waals surface area contributed by atoms with E-state index >= 15 is 0 Å². The van der Waals surface area contributed by atoms with E-state index in [4.69, 9.17) is 9.47 Å². The number of hydrogen-bond donors (Lipinski definition) is 0. The summed E-state index contributed by atoms with van der Waals surface area (Å²) < 4.78 is 10.7. The largest absolute Gasteiger partial charge is 0.460 e. The third-order valence-corrected chi connectivity index (χ3v) is 3.38. The minimum absolute atomic E-state index is 0.116. The Bertz CT molecular complexity index is 226. The van der Waals surface area contributed by atoms with Crippen LogP contribution in [0.3, 0.4) is 0 Å². The molecule has 0 spiro atoms. The van der Waals surface area contributed by atoms with Crippen LogP contribution in [0.5, 0.6) is 0 Å². The van der Waals surface area contributed by atoms with E-state index < -0.39 is 0 Å². The Labute approximate surface area is 71.0 Å². The zero-order valence-corrected chi connectivity index (χ0v) is 6.86. The molecule has 2 aliphatic heterocycles. The van der Waals surface area contributed by atoms with Crippen molar-refractivity contribution in [2.75, 3.05) is 6.61 Å². The molecule has 0 radical (unpaired) electrons. The highest BCUT2D eigenvalue weighted by atomic mass is 16.6. The number of carbonyl (C=O) groups is 1. The van der Waals surface area contributed by atoms with Gasteiger partial charge in [-0.1, -0.05) is 0 Å². The van der Waals surface area contributed by atoms with E-state index in [0.29, 0.717) is 11.8 Å². The molecular formula is C9H12O3. The van der Waals surface area contributed by atoms with Crippen molar-refractivity contribution in [3.8, 4) is 0 Å². The summed E-state index contributed by atoms with van der Waals surface area (Å²) in [5.74, 6) is 0.876. The molecule has 1 aliphatic carbocycles. The van der Waals surface area contributed by atoms with Crippen molar-refractivity contribution in [1.82, 2.24) is 0 Å². The lowest BCUT2D eigenvalue weighted by Crippen LogP contribution is -2.30. The Kier molecular flexibility index (Phi) is 1.28. The number of esters is 1. The van der Waals surface area contributed by atoms with Crippen molar-refractivity contribution in [2.45, 2.75) is 31.5 Å². The van der Waals surface area contributed by atoms with Crippen LogP contribution in [0.4, 0.5) is 0 Å². The zero-order chi connectivity index (χ0) is 8.13. The molecule has 66 valence electrons. The second kappa shape index (κ2) is 2.22. The molecule has 3 heteroatoms. The van der Waals surface area contributed by atoms with Crippen LogP contribution in [-0.2, 0) is 14.3 Å². The van der Waals surface area contributed by atoms with Gasteiger partial charge in [0.1, 0.15) is 6.10 Å². The van der Waals surface area contributed by atoms with Crippen LogP contribution in [0.2, 0.25) is 0 Å². The van der Waals surface area contributed by atoms with Gasteiger partial charge in [-0.3, -0.25) is 0 Å². The lowest BCUT2D eigenvalue weighted by Gasteiger charge is -2.26. The minimum Gasteiger partial charge on any atom is -0.460 e. The second-order valence-electron chi connectivity index (χ2n) is 4.00. The Morgan fingerprint density at radius 1 is 1.33 bits per heavy atom. The molecule has 0 aromatic heterocycles. The van der Waals surface area contributed by atoms with Crippen molar-refractivity contribution in [3.05, 3.63) is 0 Å². The zero-order valence-electron chi connectivity index (χ0n) is 6.86. The van der Waals surface area contributed by atoms with Gasteiger partial charge in [0.2, 0.25) is 0 Å². The summed E-state index contributed by atoms with van der Waals surface area (Å²) in [6.07, 6.45) is 3.43. The van der Waals surface area contributed by atoms with Gasteiger partial charge in [0.25, 0.3) is 0 Å². The first kappa shape index (κ1) is 6.89. The number of carbonyl (C=O) groups excluding carboxylic acids is 1. The third-order valence-electron chi connectivity index (χ3n) is 3.38. The monoisotopic (exact) mass is 168 g/mol. The van der Waals surface area contributed by atoms with Gasteiger partial charge in [0, 0.05) is 5.92 Å². The first-order valence-electron chi connectivity index (χ1n) is 4.68. The SMILES string of the molecule is O=C1O[C@@H]2CCC[C@@H]3CO[C@H]1[C@@H]32. The van der Waals surface area contributed by atoms with Crippen LogP contribution < -0.4 is 0 Å². The molecule has 3 rings (SSSR count). The van der Waals surface area contributed by atoms with Crippen LogP contribution in [0.1, 0.15) is 19.3 Å². The molecule has 2 heterocycles. The molecular weight excluding hydrogens is 156 g/mol. The van der Waals surface area contributed by atoms with E-state index in [0.717, 1.165) is 13.0 Å². The fourth-order valence-electron chi connectivity index (χ4n) is 2.82. The molecule has 3 aliphatic rings. The maximum absolute atomic E-state index is 11.3. The standard InChI is InChI=1S/C9H12O3/c10-9-8-7-5(4-11-8)2-1-3-6(7)12-9/h5-8H,1-4H2/t5-,6-,7+,8+/m1/s1. The van der Waals surface area contributed by atoms with Crippen molar-refractivity contribution in [2.24, 2.45) is 11.8 Å². The number of rotatable bonds is 0. The molecule has 4 atom stereocenters. The quantitative estimate of drug-likeness (QED) is 0.500. The molecule has 0 aromatic rings. The maximum atomic E-state index is 11.3. The summed E-state index contributed by atoms with van der Waals surface area (Å²) in [5.41, 5.74) is 0. The van der Waals surface area contributed by atoms with E-state index in [2.05, 4.69) is 0 Å². The summed E-state index contributed by atoms with van der Waals surface area (Å²) >= 11 is 0. The first-order chi connectivity index (χ1) is 5.86.